The van der Waals surface area contributed by atoms with Gasteiger partial charge in [0.25, 0.3) is 5.91 Å². The van der Waals surface area contributed by atoms with Gasteiger partial charge in [0.2, 0.25) is 5.91 Å². The van der Waals surface area contributed by atoms with E-state index in [1.165, 1.54) is 17.3 Å². The third-order valence-corrected chi connectivity index (χ3v) is 7.65. The molecule has 1 aromatic carbocycles. The number of imide groups is 1. The Bertz CT molecular complexity index is 849. The number of hydrogen-bond donors (Lipinski definition) is 2. The average molecular weight is 419 g/mol. The molecule has 0 radical (unpaired) electrons. The van der Waals surface area contributed by atoms with Crippen LogP contribution >= 0.6 is 23.5 Å². The summed E-state index contributed by atoms with van der Waals surface area (Å²) < 4.78 is 0.809. The lowest BCUT2D eigenvalue weighted by Crippen LogP contribution is -2.51. The molecule has 2 N–H and O–H groups in total. The Morgan fingerprint density at radius 2 is 2.11 bits per heavy atom. The maximum atomic E-state index is 12.8. The highest BCUT2D eigenvalue weighted by Gasteiger charge is 2.52. The van der Waals surface area contributed by atoms with Crippen molar-refractivity contribution in [3.63, 3.8) is 0 Å². The predicted molar refractivity (Wildman–Crippen MR) is 111 cm³/mol. The molecule has 1 aliphatic carbocycles. The van der Waals surface area contributed by atoms with Crippen LogP contribution in [0.5, 0.6) is 0 Å². The molecule has 7 nitrogen and oxygen atoms in total. The minimum atomic E-state index is -0.850. The Balaban J connectivity index is 1.34. The van der Waals surface area contributed by atoms with E-state index in [0.29, 0.717) is 18.8 Å². The SMILES string of the molecule is CC1CCC2(CC1)NC(=O)N(NC(=O)CSC1=Nc3ccccc3CS1)C2=O. The Morgan fingerprint density at radius 3 is 2.89 bits per heavy atom. The fraction of sp³-hybridized carbons (Fsp3) is 0.474. The van der Waals surface area contributed by atoms with Crippen LogP contribution in [0, 0.1) is 5.92 Å². The summed E-state index contributed by atoms with van der Waals surface area (Å²) in [7, 11) is 0. The molecule has 2 heterocycles. The van der Waals surface area contributed by atoms with Crippen LogP contribution in [0.1, 0.15) is 38.2 Å². The number of amides is 4. The summed E-state index contributed by atoms with van der Waals surface area (Å²) >= 11 is 2.90. The normalized spacial score (nSPS) is 26.7. The van der Waals surface area contributed by atoms with Crippen molar-refractivity contribution in [3.8, 4) is 0 Å². The first-order chi connectivity index (χ1) is 13.5. The van der Waals surface area contributed by atoms with Crippen molar-refractivity contribution in [2.24, 2.45) is 10.9 Å². The summed E-state index contributed by atoms with van der Waals surface area (Å²) in [5.41, 5.74) is 3.71. The van der Waals surface area contributed by atoms with E-state index < -0.39 is 17.5 Å². The van der Waals surface area contributed by atoms with Crippen LogP contribution < -0.4 is 10.7 Å². The predicted octanol–water partition coefficient (Wildman–Crippen LogP) is 3.19. The summed E-state index contributed by atoms with van der Waals surface area (Å²) in [6.07, 6.45) is 3.02. The van der Waals surface area contributed by atoms with E-state index in [1.807, 2.05) is 24.3 Å². The number of fused-ring (bicyclic) bond motifs is 1. The first-order valence-corrected chi connectivity index (χ1v) is 11.3. The molecule has 1 saturated heterocycles. The van der Waals surface area contributed by atoms with E-state index in [4.69, 9.17) is 0 Å². The minimum Gasteiger partial charge on any atom is -0.322 e. The van der Waals surface area contributed by atoms with Gasteiger partial charge in [0.15, 0.2) is 0 Å². The van der Waals surface area contributed by atoms with Gasteiger partial charge in [-0.05, 0) is 43.2 Å². The second kappa shape index (κ2) is 7.79. The first-order valence-electron chi connectivity index (χ1n) is 9.35. The maximum Gasteiger partial charge on any atom is 0.344 e. The van der Waals surface area contributed by atoms with Crippen molar-refractivity contribution in [2.75, 3.05) is 5.75 Å². The molecule has 3 aliphatic rings. The zero-order valence-electron chi connectivity index (χ0n) is 15.6. The van der Waals surface area contributed by atoms with Crippen LogP contribution in [-0.4, -0.2) is 38.5 Å². The molecule has 1 aromatic rings. The highest BCUT2D eigenvalue weighted by Crippen LogP contribution is 2.36. The summed E-state index contributed by atoms with van der Waals surface area (Å²) in [5, 5.41) is 3.65. The van der Waals surface area contributed by atoms with Crippen LogP contribution in [0.25, 0.3) is 0 Å². The Labute approximate surface area is 172 Å². The number of hydrogen-bond acceptors (Lipinski definition) is 6. The van der Waals surface area contributed by atoms with Gasteiger partial charge in [0, 0.05) is 5.75 Å². The van der Waals surface area contributed by atoms with Gasteiger partial charge in [-0.1, -0.05) is 48.6 Å². The Hall–Kier alpha value is -2.00. The molecule has 2 aliphatic heterocycles. The van der Waals surface area contributed by atoms with Crippen molar-refractivity contribution >= 4 is 51.4 Å². The molecular formula is C19H22N4O3S2. The number of carbonyl (C=O) groups is 3. The zero-order valence-corrected chi connectivity index (χ0v) is 17.2. The summed E-state index contributed by atoms with van der Waals surface area (Å²) in [5.74, 6) is 0.722. The van der Waals surface area contributed by atoms with Gasteiger partial charge >= 0.3 is 6.03 Å². The van der Waals surface area contributed by atoms with E-state index in [9.17, 15) is 14.4 Å². The highest BCUT2D eigenvalue weighted by atomic mass is 32.2. The van der Waals surface area contributed by atoms with Gasteiger partial charge in [-0.25, -0.2) is 9.79 Å². The number of carbonyl (C=O) groups excluding carboxylic acids is 3. The maximum absolute atomic E-state index is 12.8. The van der Waals surface area contributed by atoms with Gasteiger partial charge < -0.3 is 5.32 Å². The van der Waals surface area contributed by atoms with Crippen molar-refractivity contribution < 1.29 is 14.4 Å². The molecule has 0 bridgehead atoms. The van der Waals surface area contributed by atoms with Gasteiger partial charge in [-0.15, -0.1) is 0 Å². The summed E-state index contributed by atoms with van der Waals surface area (Å²) in [6, 6.07) is 7.37. The number of nitrogens with zero attached hydrogens (tertiary/aromatic N) is 2. The standard InChI is InChI=1S/C19H22N4O3S2/c1-12-6-8-19(9-7-12)16(25)23(17(26)21-19)22-15(24)11-28-18-20-14-5-3-2-4-13(14)10-27-18/h2-5,12H,6-11H2,1H3,(H,21,26)(H,22,24). The van der Waals surface area contributed by atoms with E-state index in [0.717, 1.165) is 33.7 Å². The quantitative estimate of drug-likeness (QED) is 0.736. The van der Waals surface area contributed by atoms with Crippen LogP contribution in [0.2, 0.25) is 0 Å². The molecule has 9 heteroatoms. The fourth-order valence-electron chi connectivity index (χ4n) is 3.69. The fourth-order valence-corrected chi connectivity index (χ4v) is 5.54. The van der Waals surface area contributed by atoms with Crippen molar-refractivity contribution in [1.82, 2.24) is 15.8 Å². The Kier molecular flexibility index (Phi) is 5.37. The highest BCUT2D eigenvalue weighted by molar-refractivity contribution is 8.38. The van der Waals surface area contributed by atoms with E-state index in [1.54, 1.807) is 11.8 Å². The Morgan fingerprint density at radius 1 is 1.36 bits per heavy atom. The van der Waals surface area contributed by atoms with Gasteiger partial charge in [0.05, 0.1) is 11.4 Å². The monoisotopic (exact) mass is 418 g/mol. The zero-order chi connectivity index (χ0) is 19.7. The second-order valence-corrected chi connectivity index (χ2v) is 9.64. The molecule has 148 valence electrons. The molecule has 2 fully saturated rings. The third kappa shape index (κ3) is 3.77. The van der Waals surface area contributed by atoms with E-state index in [2.05, 4.69) is 22.7 Å². The molecular weight excluding hydrogens is 396 g/mol. The lowest BCUT2D eigenvalue weighted by Gasteiger charge is -2.33. The largest absolute Gasteiger partial charge is 0.344 e. The van der Waals surface area contributed by atoms with Crippen molar-refractivity contribution in [1.29, 1.82) is 0 Å². The van der Waals surface area contributed by atoms with Crippen LogP contribution in [-0.2, 0) is 15.3 Å². The number of thioether (sulfide) groups is 2. The molecule has 0 atom stereocenters. The van der Waals surface area contributed by atoms with Gasteiger partial charge in [-0.3, -0.25) is 15.0 Å². The number of urea groups is 1. The minimum absolute atomic E-state index is 0.0924. The number of rotatable bonds is 3. The van der Waals surface area contributed by atoms with Crippen LogP contribution in [0.15, 0.2) is 29.3 Å². The number of hydrazine groups is 1. The van der Waals surface area contributed by atoms with E-state index >= 15 is 0 Å². The van der Waals surface area contributed by atoms with Crippen LogP contribution in [0.4, 0.5) is 10.5 Å². The third-order valence-electron chi connectivity index (χ3n) is 5.41. The van der Waals surface area contributed by atoms with Crippen LogP contribution in [0.3, 0.4) is 0 Å². The lowest BCUT2D eigenvalue weighted by molar-refractivity contribution is -0.139. The average Bonchev–Trinajstić information content (AvgIpc) is 2.93. The number of nitrogens with one attached hydrogen (secondary N) is 2. The molecule has 4 rings (SSSR count). The smallest absolute Gasteiger partial charge is 0.322 e. The molecule has 0 aromatic heterocycles. The van der Waals surface area contributed by atoms with Crippen molar-refractivity contribution in [3.05, 3.63) is 29.8 Å². The number of para-hydroxylation sites is 1. The summed E-state index contributed by atoms with van der Waals surface area (Å²) in [6.45, 7) is 2.15. The molecule has 1 spiro atoms. The molecule has 4 amide bonds. The molecule has 0 unspecified atom stereocenters. The number of benzene rings is 1. The van der Waals surface area contributed by atoms with Crippen molar-refractivity contribution in [2.45, 2.75) is 43.9 Å². The molecule has 1 saturated carbocycles. The number of aliphatic imine (C=N–C) groups is 1. The molecule has 28 heavy (non-hydrogen) atoms. The van der Waals surface area contributed by atoms with E-state index in [-0.39, 0.29) is 11.7 Å². The second-order valence-electron chi connectivity index (χ2n) is 7.45. The van der Waals surface area contributed by atoms with Gasteiger partial charge in [-0.2, -0.15) is 5.01 Å². The van der Waals surface area contributed by atoms with Gasteiger partial charge in [0.1, 0.15) is 9.91 Å². The summed E-state index contributed by atoms with van der Waals surface area (Å²) in [4.78, 5) is 41.9. The first kappa shape index (κ1) is 19.3. The lowest BCUT2D eigenvalue weighted by atomic mass is 9.77. The topological polar surface area (TPSA) is 90.9 Å².